The van der Waals surface area contributed by atoms with Crippen molar-refractivity contribution in [2.45, 2.75) is 26.8 Å². The molecule has 0 N–H and O–H groups in total. The number of fused-ring (bicyclic) bond motifs is 4. The molecule has 1 atom stereocenters. The molecule has 1 heterocycles. The van der Waals surface area contributed by atoms with Gasteiger partial charge in [0.2, 0.25) is 0 Å². The summed E-state index contributed by atoms with van der Waals surface area (Å²) < 4.78 is 19.8. The van der Waals surface area contributed by atoms with Crippen molar-refractivity contribution in [1.82, 2.24) is 0 Å². The molecule has 3 heteroatoms. The lowest BCUT2D eigenvalue weighted by Crippen LogP contribution is -2.32. The molecule has 0 spiro atoms. The van der Waals surface area contributed by atoms with Gasteiger partial charge in [-0.2, -0.15) is 0 Å². The van der Waals surface area contributed by atoms with Crippen LogP contribution in [0.4, 0.5) is 15.8 Å². The molecule has 5 rings (SSSR count). The van der Waals surface area contributed by atoms with Crippen molar-refractivity contribution in [3.8, 4) is 0 Å². The molecule has 0 aliphatic heterocycles. The monoisotopic (exact) mass is 397 g/mol. The fourth-order valence-electron chi connectivity index (χ4n) is 4.12. The Morgan fingerprint density at radius 1 is 0.700 bits per heavy atom. The largest absolute Gasteiger partial charge is 0.456 e. The second-order valence-corrected chi connectivity index (χ2v) is 8.31. The van der Waals surface area contributed by atoms with E-state index in [9.17, 15) is 4.39 Å². The number of benzene rings is 4. The first-order valence-electron chi connectivity index (χ1n) is 10.4. The number of nitrogens with zero attached hydrogens (tertiary/aromatic N) is 1. The fourth-order valence-corrected chi connectivity index (χ4v) is 4.12. The van der Waals surface area contributed by atoms with Gasteiger partial charge in [0.25, 0.3) is 0 Å². The predicted octanol–water partition coefficient (Wildman–Crippen LogP) is 8.06. The van der Waals surface area contributed by atoms with Crippen LogP contribution in [-0.2, 0) is 0 Å². The summed E-state index contributed by atoms with van der Waals surface area (Å²) in [6.07, 6.45) is 0. The molecule has 2 nitrogen and oxygen atoms in total. The third kappa shape index (κ3) is 3.11. The molecule has 0 radical (unpaired) electrons. The summed E-state index contributed by atoms with van der Waals surface area (Å²) in [6.45, 7) is 6.60. The average molecular weight is 397 g/mol. The Morgan fingerprint density at radius 2 is 1.33 bits per heavy atom. The Balaban J connectivity index is 1.68. The van der Waals surface area contributed by atoms with Gasteiger partial charge in [0.05, 0.1) is 0 Å². The van der Waals surface area contributed by atoms with Crippen molar-refractivity contribution in [1.29, 1.82) is 0 Å². The molecular weight excluding hydrogens is 373 g/mol. The standard InChI is InChI=1S/C27H24FNO/c1-17(2)18(3)29(22-10-8-21(28)9-11-22)23-12-13-24-25-14-19-6-4-5-7-20(19)15-26(25)30-27(24)16-23/h4-18H,1-3H3. The second kappa shape index (κ2) is 7.17. The third-order valence-electron chi connectivity index (χ3n) is 6.08. The Bertz CT molecular complexity index is 1350. The summed E-state index contributed by atoms with van der Waals surface area (Å²) >= 11 is 0. The summed E-state index contributed by atoms with van der Waals surface area (Å²) in [5.41, 5.74) is 3.77. The predicted molar refractivity (Wildman–Crippen MR) is 124 cm³/mol. The van der Waals surface area contributed by atoms with Crippen LogP contribution in [0.5, 0.6) is 0 Å². The molecule has 0 saturated carbocycles. The minimum Gasteiger partial charge on any atom is -0.456 e. The topological polar surface area (TPSA) is 16.4 Å². The van der Waals surface area contributed by atoms with Crippen LogP contribution in [0.1, 0.15) is 20.8 Å². The highest BCUT2D eigenvalue weighted by atomic mass is 19.1. The maximum Gasteiger partial charge on any atom is 0.137 e. The van der Waals surface area contributed by atoms with E-state index in [-0.39, 0.29) is 11.9 Å². The zero-order valence-electron chi connectivity index (χ0n) is 17.4. The minimum atomic E-state index is -0.226. The second-order valence-electron chi connectivity index (χ2n) is 8.31. The molecule has 30 heavy (non-hydrogen) atoms. The Kier molecular flexibility index (Phi) is 4.47. The third-order valence-corrected chi connectivity index (χ3v) is 6.08. The Hall–Kier alpha value is -3.33. The normalized spacial score (nSPS) is 12.8. The van der Waals surface area contributed by atoms with Gasteiger partial charge in [-0.1, -0.05) is 38.1 Å². The van der Waals surface area contributed by atoms with Crippen LogP contribution in [0, 0.1) is 11.7 Å². The van der Waals surface area contributed by atoms with E-state index in [1.54, 1.807) is 0 Å². The molecule has 0 aliphatic carbocycles. The van der Waals surface area contributed by atoms with Crippen LogP contribution in [0.25, 0.3) is 32.7 Å². The van der Waals surface area contributed by atoms with Crippen LogP contribution < -0.4 is 4.90 Å². The molecule has 1 unspecified atom stereocenters. The fraction of sp³-hybridized carbons (Fsp3) is 0.185. The van der Waals surface area contributed by atoms with Gasteiger partial charge < -0.3 is 9.32 Å². The molecular formula is C27H24FNO. The lowest BCUT2D eigenvalue weighted by Gasteiger charge is -2.34. The molecule has 5 aromatic rings. The summed E-state index contributed by atoms with van der Waals surface area (Å²) in [6, 6.07) is 26.0. The lowest BCUT2D eigenvalue weighted by molar-refractivity contribution is 0.518. The van der Waals surface area contributed by atoms with Crippen molar-refractivity contribution < 1.29 is 8.81 Å². The number of anilines is 2. The highest BCUT2D eigenvalue weighted by molar-refractivity contribution is 6.10. The molecule has 1 aromatic heterocycles. The molecule has 0 aliphatic rings. The van der Waals surface area contributed by atoms with Gasteiger partial charge in [0.15, 0.2) is 0 Å². The van der Waals surface area contributed by atoms with Gasteiger partial charge in [-0.3, -0.25) is 0 Å². The van der Waals surface area contributed by atoms with Crippen molar-refractivity contribution in [2.24, 2.45) is 5.92 Å². The van der Waals surface area contributed by atoms with Crippen LogP contribution >= 0.6 is 0 Å². The first-order valence-corrected chi connectivity index (χ1v) is 10.4. The maximum atomic E-state index is 13.5. The molecule has 0 amide bonds. The summed E-state index contributed by atoms with van der Waals surface area (Å²) in [7, 11) is 0. The van der Waals surface area contributed by atoms with E-state index >= 15 is 0 Å². The van der Waals surface area contributed by atoms with E-state index in [0.29, 0.717) is 5.92 Å². The Morgan fingerprint density at radius 3 is 2.03 bits per heavy atom. The number of hydrogen-bond donors (Lipinski definition) is 0. The first kappa shape index (κ1) is 18.7. The van der Waals surface area contributed by atoms with E-state index < -0.39 is 0 Å². The van der Waals surface area contributed by atoms with E-state index in [4.69, 9.17) is 4.42 Å². The number of furan rings is 1. The zero-order chi connectivity index (χ0) is 20.8. The number of halogens is 1. The summed E-state index contributed by atoms with van der Waals surface area (Å²) in [5.74, 6) is 0.197. The molecule has 4 aromatic carbocycles. The van der Waals surface area contributed by atoms with Gasteiger partial charge in [0.1, 0.15) is 17.0 Å². The summed E-state index contributed by atoms with van der Waals surface area (Å²) in [5, 5.41) is 4.61. The number of rotatable bonds is 4. The Labute approximate surface area is 175 Å². The highest BCUT2D eigenvalue weighted by Crippen LogP contribution is 2.37. The maximum absolute atomic E-state index is 13.5. The number of hydrogen-bond acceptors (Lipinski definition) is 2. The van der Waals surface area contributed by atoms with E-state index in [2.05, 4.69) is 74.2 Å². The van der Waals surface area contributed by atoms with Crippen molar-refractivity contribution >= 4 is 44.1 Å². The molecule has 0 saturated heterocycles. The quantitative estimate of drug-likeness (QED) is 0.305. The van der Waals surface area contributed by atoms with E-state index in [1.807, 2.05) is 18.2 Å². The average Bonchev–Trinajstić information content (AvgIpc) is 3.10. The minimum absolute atomic E-state index is 0.226. The summed E-state index contributed by atoms with van der Waals surface area (Å²) in [4.78, 5) is 2.26. The first-order chi connectivity index (χ1) is 14.5. The van der Waals surface area contributed by atoms with Gasteiger partial charge in [0, 0.05) is 34.3 Å². The lowest BCUT2D eigenvalue weighted by atomic mass is 10.0. The molecule has 0 bridgehead atoms. The SMILES string of the molecule is CC(C)C(C)N(c1ccc(F)cc1)c1ccc2c(c1)oc1cc3ccccc3cc12. The van der Waals surface area contributed by atoms with Crippen molar-refractivity contribution in [3.05, 3.63) is 84.7 Å². The van der Waals surface area contributed by atoms with Crippen molar-refractivity contribution in [2.75, 3.05) is 4.90 Å². The van der Waals surface area contributed by atoms with Gasteiger partial charge >= 0.3 is 0 Å². The van der Waals surface area contributed by atoms with Crippen LogP contribution in [0.3, 0.4) is 0 Å². The van der Waals surface area contributed by atoms with Crippen molar-refractivity contribution in [3.63, 3.8) is 0 Å². The van der Waals surface area contributed by atoms with Crippen LogP contribution in [-0.4, -0.2) is 6.04 Å². The van der Waals surface area contributed by atoms with E-state index in [0.717, 1.165) is 33.3 Å². The zero-order valence-corrected chi connectivity index (χ0v) is 17.4. The van der Waals surface area contributed by atoms with E-state index in [1.165, 1.54) is 22.9 Å². The van der Waals surface area contributed by atoms with Crippen LogP contribution in [0.2, 0.25) is 0 Å². The molecule has 150 valence electrons. The highest BCUT2D eigenvalue weighted by Gasteiger charge is 2.21. The van der Waals surface area contributed by atoms with Gasteiger partial charge in [-0.15, -0.1) is 0 Å². The van der Waals surface area contributed by atoms with Gasteiger partial charge in [-0.05, 0) is 72.1 Å². The molecule has 0 fully saturated rings. The smallest absolute Gasteiger partial charge is 0.137 e. The van der Waals surface area contributed by atoms with Crippen LogP contribution in [0.15, 0.2) is 83.3 Å². The van der Waals surface area contributed by atoms with Gasteiger partial charge in [-0.25, -0.2) is 4.39 Å².